The Labute approximate surface area is 142 Å². The van der Waals surface area contributed by atoms with Gasteiger partial charge in [0.25, 0.3) is 5.91 Å². The molecular formula is C16H15IN2O3. The van der Waals surface area contributed by atoms with Crippen molar-refractivity contribution in [3.8, 4) is 11.5 Å². The predicted molar refractivity (Wildman–Crippen MR) is 93.5 cm³/mol. The van der Waals surface area contributed by atoms with Crippen LogP contribution in [0.3, 0.4) is 0 Å². The molecule has 0 saturated heterocycles. The largest absolute Gasteiger partial charge is 0.507 e. The number of hydrogen-bond acceptors (Lipinski definition) is 4. The first-order valence-corrected chi connectivity index (χ1v) is 7.57. The molecule has 0 unspecified atom stereocenters. The summed E-state index contributed by atoms with van der Waals surface area (Å²) in [7, 11) is 1.58. The molecule has 22 heavy (non-hydrogen) atoms. The van der Waals surface area contributed by atoms with Gasteiger partial charge in [-0.3, -0.25) is 4.79 Å². The second-order valence-electron chi connectivity index (χ2n) is 4.50. The topological polar surface area (TPSA) is 70.9 Å². The maximum atomic E-state index is 12.1. The fourth-order valence-corrected chi connectivity index (χ4v) is 2.58. The average molecular weight is 410 g/mol. The standard InChI is InChI=1S/C16H15IN2O3/c1-10(12-5-3-4-6-14(12)20)18-19-16(21)11-7-8-15(22-2)13(17)9-11/h3-9,20H,1-2H3,(H,19,21)/b18-10-. The van der Waals surface area contributed by atoms with Crippen molar-refractivity contribution >= 4 is 34.2 Å². The van der Waals surface area contributed by atoms with Crippen LogP contribution in [0.15, 0.2) is 47.6 Å². The van der Waals surface area contributed by atoms with E-state index >= 15 is 0 Å². The van der Waals surface area contributed by atoms with Gasteiger partial charge in [0, 0.05) is 11.1 Å². The Morgan fingerprint density at radius 2 is 2.00 bits per heavy atom. The fraction of sp³-hybridized carbons (Fsp3) is 0.125. The van der Waals surface area contributed by atoms with Crippen molar-refractivity contribution in [2.45, 2.75) is 6.92 Å². The average Bonchev–Trinajstić information content (AvgIpc) is 2.52. The number of rotatable bonds is 4. The van der Waals surface area contributed by atoms with E-state index < -0.39 is 0 Å². The SMILES string of the molecule is COc1ccc(C(=O)N/N=C(/C)c2ccccc2O)cc1I. The molecule has 0 aliphatic carbocycles. The third-order valence-electron chi connectivity index (χ3n) is 3.03. The third-order valence-corrected chi connectivity index (χ3v) is 3.88. The molecule has 0 radical (unpaired) electrons. The van der Waals surface area contributed by atoms with Crippen molar-refractivity contribution in [3.63, 3.8) is 0 Å². The Balaban J connectivity index is 2.14. The Kier molecular flexibility index (Phi) is 5.37. The van der Waals surface area contributed by atoms with Crippen LogP contribution in [0.5, 0.6) is 11.5 Å². The summed E-state index contributed by atoms with van der Waals surface area (Å²) >= 11 is 2.10. The summed E-state index contributed by atoms with van der Waals surface area (Å²) < 4.78 is 6.00. The number of para-hydroxylation sites is 1. The molecular weight excluding hydrogens is 395 g/mol. The van der Waals surface area contributed by atoms with Gasteiger partial charge in [0.05, 0.1) is 16.4 Å². The highest BCUT2D eigenvalue weighted by Gasteiger charge is 2.09. The molecule has 0 saturated carbocycles. The van der Waals surface area contributed by atoms with Gasteiger partial charge in [-0.2, -0.15) is 5.10 Å². The third kappa shape index (κ3) is 3.76. The van der Waals surface area contributed by atoms with Crippen LogP contribution in [0.4, 0.5) is 0 Å². The summed E-state index contributed by atoms with van der Waals surface area (Å²) in [6.07, 6.45) is 0. The minimum Gasteiger partial charge on any atom is -0.507 e. The number of aromatic hydroxyl groups is 1. The fourth-order valence-electron chi connectivity index (χ4n) is 1.85. The van der Waals surface area contributed by atoms with E-state index in [9.17, 15) is 9.90 Å². The lowest BCUT2D eigenvalue weighted by molar-refractivity contribution is 0.0954. The predicted octanol–water partition coefficient (Wildman–Crippen LogP) is 3.16. The van der Waals surface area contributed by atoms with Crippen LogP contribution < -0.4 is 10.2 Å². The van der Waals surface area contributed by atoms with Gasteiger partial charge in [-0.05, 0) is 59.8 Å². The molecule has 1 amide bonds. The Morgan fingerprint density at radius 1 is 1.27 bits per heavy atom. The zero-order valence-corrected chi connectivity index (χ0v) is 14.3. The molecule has 0 atom stereocenters. The van der Waals surface area contributed by atoms with E-state index in [2.05, 4.69) is 33.1 Å². The molecule has 0 spiro atoms. The molecule has 2 N–H and O–H groups in total. The quantitative estimate of drug-likeness (QED) is 0.462. The van der Waals surface area contributed by atoms with Crippen LogP contribution in [-0.4, -0.2) is 23.8 Å². The van der Waals surface area contributed by atoms with Crippen LogP contribution in [-0.2, 0) is 0 Å². The maximum absolute atomic E-state index is 12.1. The number of amides is 1. The lowest BCUT2D eigenvalue weighted by atomic mass is 10.1. The monoisotopic (exact) mass is 410 g/mol. The van der Waals surface area contributed by atoms with E-state index in [1.54, 1.807) is 56.5 Å². The molecule has 0 aliphatic heterocycles. The van der Waals surface area contributed by atoms with Gasteiger partial charge in [-0.15, -0.1) is 0 Å². The number of ether oxygens (including phenoxy) is 1. The van der Waals surface area contributed by atoms with E-state index in [1.165, 1.54) is 0 Å². The van der Waals surface area contributed by atoms with E-state index in [1.807, 2.05) is 0 Å². The van der Waals surface area contributed by atoms with Crippen molar-refractivity contribution in [1.82, 2.24) is 5.43 Å². The van der Waals surface area contributed by atoms with E-state index in [4.69, 9.17) is 4.74 Å². The normalized spacial score (nSPS) is 11.1. The molecule has 114 valence electrons. The highest BCUT2D eigenvalue weighted by atomic mass is 127. The second-order valence-corrected chi connectivity index (χ2v) is 5.67. The van der Waals surface area contributed by atoms with Gasteiger partial charge in [0.2, 0.25) is 0 Å². The van der Waals surface area contributed by atoms with Crippen LogP contribution in [0.1, 0.15) is 22.8 Å². The Morgan fingerprint density at radius 3 is 2.64 bits per heavy atom. The number of benzene rings is 2. The zero-order valence-electron chi connectivity index (χ0n) is 12.1. The number of phenolic OH excluding ortho intramolecular Hbond substituents is 1. The zero-order chi connectivity index (χ0) is 16.1. The Hall–Kier alpha value is -2.09. The van der Waals surface area contributed by atoms with Crippen LogP contribution >= 0.6 is 22.6 Å². The molecule has 5 nitrogen and oxygen atoms in total. The first kappa shape index (κ1) is 16.3. The van der Waals surface area contributed by atoms with Crippen molar-refractivity contribution in [2.75, 3.05) is 7.11 Å². The summed E-state index contributed by atoms with van der Waals surface area (Å²) in [4.78, 5) is 12.1. The molecule has 2 aromatic carbocycles. The van der Waals surface area contributed by atoms with Crippen molar-refractivity contribution in [1.29, 1.82) is 0 Å². The van der Waals surface area contributed by atoms with Crippen molar-refractivity contribution < 1.29 is 14.6 Å². The van der Waals surface area contributed by atoms with Gasteiger partial charge >= 0.3 is 0 Å². The number of nitrogens with one attached hydrogen (secondary N) is 1. The second kappa shape index (κ2) is 7.26. The summed E-state index contributed by atoms with van der Waals surface area (Å²) in [5.74, 6) is 0.512. The molecule has 2 aromatic rings. The number of halogens is 1. The molecule has 0 fully saturated rings. The van der Waals surface area contributed by atoms with Crippen LogP contribution in [0.2, 0.25) is 0 Å². The molecule has 0 aromatic heterocycles. The number of carbonyl (C=O) groups excluding carboxylic acids is 1. The lowest BCUT2D eigenvalue weighted by Crippen LogP contribution is -2.19. The van der Waals surface area contributed by atoms with Gasteiger partial charge in [0.15, 0.2) is 0 Å². The summed E-state index contributed by atoms with van der Waals surface area (Å²) in [5, 5.41) is 13.8. The Bertz CT molecular complexity index is 729. The smallest absolute Gasteiger partial charge is 0.271 e. The van der Waals surface area contributed by atoms with Crippen molar-refractivity contribution in [3.05, 3.63) is 57.2 Å². The number of nitrogens with zero attached hydrogens (tertiary/aromatic N) is 1. The van der Waals surface area contributed by atoms with E-state index in [0.717, 1.165) is 3.57 Å². The first-order valence-electron chi connectivity index (χ1n) is 6.49. The van der Waals surface area contributed by atoms with E-state index in [-0.39, 0.29) is 11.7 Å². The van der Waals surface area contributed by atoms with Gasteiger partial charge in [0.1, 0.15) is 11.5 Å². The minimum atomic E-state index is -0.324. The lowest BCUT2D eigenvalue weighted by Gasteiger charge is -2.07. The van der Waals surface area contributed by atoms with E-state index in [0.29, 0.717) is 22.6 Å². The molecule has 6 heteroatoms. The minimum absolute atomic E-state index is 0.122. The summed E-state index contributed by atoms with van der Waals surface area (Å²) in [5.41, 5.74) is 4.07. The molecule has 2 rings (SSSR count). The van der Waals surface area contributed by atoms with Gasteiger partial charge in [-0.25, -0.2) is 5.43 Å². The van der Waals surface area contributed by atoms with Gasteiger partial charge in [-0.1, -0.05) is 12.1 Å². The molecule has 0 bridgehead atoms. The summed E-state index contributed by atoms with van der Waals surface area (Å²) in [6.45, 7) is 1.72. The van der Waals surface area contributed by atoms with Gasteiger partial charge < -0.3 is 9.84 Å². The number of hydrazone groups is 1. The number of hydrogen-bond donors (Lipinski definition) is 2. The number of methoxy groups -OCH3 is 1. The highest BCUT2D eigenvalue weighted by molar-refractivity contribution is 14.1. The van der Waals surface area contributed by atoms with Crippen LogP contribution in [0.25, 0.3) is 0 Å². The molecule has 0 aliphatic rings. The van der Waals surface area contributed by atoms with Crippen LogP contribution in [0, 0.1) is 3.57 Å². The summed E-state index contributed by atoms with van der Waals surface area (Å²) in [6, 6.07) is 11.9. The number of phenols is 1. The molecule has 0 heterocycles. The highest BCUT2D eigenvalue weighted by Crippen LogP contribution is 2.21. The number of carbonyl (C=O) groups is 1. The first-order chi connectivity index (χ1) is 10.5. The van der Waals surface area contributed by atoms with Crippen molar-refractivity contribution in [2.24, 2.45) is 5.10 Å². The maximum Gasteiger partial charge on any atom is 0.271 e.